The summed E-state index contributed by atoms with van der Waals surface area (Å²) in [6.45, 7) is 11.5. The van der Waals surface area contributed by atoms with Crippen molar-refractivity contribution in [3.63, 3.8) is 0 Å². The Labute approximate surface area is 155 Å². The van der Waals surface area contributed by atoms with Crippen LogP contribution >= 0.6 is 0 Å². The first-order chi connectivity index (χ1) is 11.7. The predicted molar refractivity (Wildman–Crippen MR) is 96.4 cm³/mol. The van der Waals surface area contributed by atoms with Crippen LogP contribution < -0.4 is 0 Å². The van der Waals surface area contributed by atoms with E-state index in [0.29, 0.717) is 24.8 Å². The smallest absolute Gasteiger partial charge is 0.314 e. The van der Waals surface area contributed by atoms with Crippen LogP contribution in [0, 0.1) is 21.7 Å². The van der Waals surface area contributed by atoms with Crippen molar-refractivity contribution in [3.8, 4) is 0 Å². The molecule has 1 saturated carbocycles. The van der Waals surface area contributed by atoms with Gasteiger partial charge in [0.2, 0.25) is 5.78 Å². The van der Waals surface area contributed by atoms with E-state index in [2.05, 4.69) is 20.8 Å². The normalized spacial score (nSPS) is 37.8. The maximum atomic E-state index is 13.4. The number of carboxylic acids is 1. The number of hydrogen-bond donors (Lipinski definition) is 1. The highest BCUT2D eigenvalue weighted by molar-refractivity contribution is 6.07. The van der Waals surface area contributed by atoms with Crippen LogP contribution in [0.5, 0.6) is 0 Å². The fourth-order valence-electron chi connectivity index (χ4n) is 6.46. The molecule has 0 aliphatic heterocycles. The highest BCUT2D eigenvalue weighted by Crippen LogP contribution is 2.65. The molecule has 3 atom stereocenters. The first-order valence-corrected chi connectivity index (χ1v) is 9.39. The summed E-state index contributed by atoms with van der Waals surface area (Å²) in [5, 5.41) is 10.2. The Morgan fingerprint density at radius 3 is 2.19 bits per heavy atom. The lowest BCUT2D eigenvalue weighted by atomic mass is 9.45. The molecule has 0 amide bonds. The third kappa shape index (κ3) is 2.80. The topological polar surface area (TPSA) is 80.7 Å². The van der Waals surface area contributed by atoms with Gasteiger partial charge in [-0.05, 0) is 42.9 Å². The Balaban J connectivity index is 2.20. The van der Waals surface area contributed by atoms with Crippen molar-refractivity contribution in [2.24, 2.45) is 21.7 Å². The van der Waals surface area contributed by atoms with E-state index >= 15 is 0 Å². The summed E-state index contributed by atoms with van der Waals surface area (Å²) in [6, 6.07) is 0. The van der Waals surface area contributed by atoms with Gasteiger partial charge in [-0.2, -0.15) is 0 Å². The molecule has 2 bridgehead atoms. The lowest BCUT2D eigenvalue weighted by Gasteiger charge is -2.58. The monoisotopic (exact) mass is 362 g/mol. The molecular weight excluding hydrogens is 332 g/mol. The quantitative estimate of drug-likeness (QED) is 0.754. The van der Waals surface area contributed by atoms with E-state index in [9.17, 15) is 19.5 Å². The Bertz CT molecular complexity index is 729. The molecule has 5 nitrogen and oxygen atoms in total. The van der Waals surface area contributed by atoms with E-state index in [4.69, 9.17) is 4.74 Å². The van der Waals surface area contributed by atoms with Crippen molar-refractivity contribution >= 4 is 17.7 Å². The number of ketones is 1. The van der Waals surface area contributed by atoms with Gasteiger partial charge >= 0.3 is 11.9 Å². The fraction of sp³-hybridized carbons (Fsp3) is 0.762. The molecule has 5 heteroatoms. The number of carbonyl (C=O) groups excluding carboxylic acids is 2. The fourth-order valence-corrected chi connectivity index (χ4v) is 6.46. The highest BCUT2D eigenvalue weighted by Gasteiger charge is 2.63. The van der Waals surface area contributed by atoms with Gasteiger partial charge in [-0.3, -0.25) is 14.4 Å². The second-order valence-corrected chi connectivity index (χ2v) is 10.6. The molecule has 0 heterocycles. The lowest BCUT2D eigenvalue weighted by Crippen LogP contribution is -2.57. The number of esters is 1. The molecule has 3 aliphatic rings. The molecular formula is C21H30O5. The minimum absolute atomic E-state index is 0.121. The SMILES string of the molecule is CC(=O)O[C@H]1C(=O)C2=C(CC3(C)CC(C)(C)CC2(C(=O)O)C3)CC1(C)C. The van der Waals surface area contributed by atoms with Gasteiger partial charge in [0.05, 0.1) is 5.41 Å². The van der Waals surface area contributed by atoms with Crippen molar-refractivity contribution in [2.45, 2.75) is 79.8 Å². The molecule has 1 fully saturated rings. The Hall–Kier alpha value is -1.65. The van der Waals surface area contributed by atoms with Crippen LogP contribution in [0.3, 0.4) is 0 Å². The lowest BCUT2D eigenvalue weighted by molar-refractivity contribution is -0.166. The summed E-state index contributed by atoms with van der Waals surface area (Å²) in [5.74, 6) is -1.72. The standard InChI is InChI=1S/C21H30O5/c1-12(22)26-16-15(23)14-13(7-19(16,4)5)8-20(6)9-18(2,3)10-21(14,11-20)17(24)25/h16H,7-11H2,1-6H3,(H,24,25)/t16-,20?,21?/m0/s1. The number of carboxylic acid groups (broad SMARTS) is 1. The average molecular weight is 362 g/mol. The van der Waals surface area contributed by atoms with Crippen LogP contribution in [0.15, 0.2) is 11.1 Å². The summed E-state index contributed by atoms with van der Waals surface area (Å²) in [6.07, 6.45) is 2.32. The molecule has 144 valence electrons. The van der Waals surface area contributed by atoms with Crippen LogP contribution in [0.25, 0.3) is 0 Å². The van der Waals surface area contributed by atoms with Crippen molar-refractivity contribution < 1.29 is 24.2 Å². The maximum absolute atomic E-state index is 13.4. The maximum Gasteiger partial charge on any atom is 0.314 e. The molecule has 3 aliphatic carbocycles. The second-order valence-electron chi connectivity index (χ2n) is 10.6. The number of allylic oxidation sites excluding steroid dienone is 1. The number of Topliss-reactive ketones (excluding diaryl/α,β-unsaturated/α-hetero) is 1. The van der Waals surface area contributed by atoms with E-state index in [1.807, 2.05) is 13.8 Å². The van der Waals surface area contributed by atoms with Gasteiger partial charge in [0.15, 0.2) is 6.10 Å². The number of carbonyl (C=O) groups is 3. The van der Waals surface area contributed by atoms with Gasteiger partial charge < -0.3 is 9.84 Å². The number of hydrogen-bond acceptors (Lipinski definition) is 4. The van der Waals surface area contributed by atoms with Crippen molar-refractivity contribution in [3.05, 3.63) is 11.1 Å². The van der Waals surface area contributed by atoms with Crippen LogP contribution in [0.4, 0.5) is 0 Å². The molecule has 0 radical (unpaired) electrons. The van der Waals surface area contributed by atoms with Crippen LogP contribution in [-0.4, -0.2) is 28.9 Å². The molecule has 26 heavy (non-hydrogen) atoms. The van der Waals surface area contributed by atoms with Gasteiger partial charge in [0.1, 0.15) is 0 Å². The molecule has 2 unspecified atom stereocenters. The molecule has 0 aromatic carbocycles. The van der Waals surface area contributed by atoms with E-state index < -0.39 is 28.9 Å². The number of fused-ring (bicyclic) bond motifs is 3. The van der Waals surface area contributed by atoms with Gasteiger partial charge in [0.25, 0.3) is 0 Å². The zero-order valence-electron chi connectivity index (χ0n) is 16.7. The number of aliphatic carboxylic acids is 1. The Morgan fingerprint density at radius 1 is 1.04 bits per heavy atom. The van der Waals surface area contributed by atoms with E-state index in [-0.39, 0.29) is 16.6 Å². The largest absolute Gasteiger partial charge is 0.481 e. The zero-order valence-corrected chi connectivity index (χ0v) is 16.7. The summed E-state index contributed by atoms with van der Waals surface area (Å²) in [4.78, 5) is 37.5. The molecule has 3 rings (SSSR count). The third-order valence-corrected chi connectivity index (χ3v) is 6.44. The third-order valence-electron chi connectivity index (χ3n) is 6.44. The van der Waals surface area contributed by atoms with Crippen LogP contribution in [0.2, 0.25) is 0 Å². The average Bonchev–Trinajstić information content (AvgIpc) is 2.38. The van der Waals surface area contributed by atoms with Gasteiger partial charge in [-0.15, -0.1) is 0 Å². The zero-order chi connectivity index (χ0) is 19.7. The summed E-state index contributed by atoms with van der Waals surface area (Å²) >= 11 is 0. The molecule has 0 saturated heterocycles. The van der Waals surface area contributed by atoms with Crippen LogP contribution in [-0.2, 0) is 19.1 Å². The van der Waals surface area contributed by atoms with Gasteiger partial charge in [0, 0.05) is 17.9 Å². The minimum atomic E-state index is -1.17. The molecule has 0 aromatic rings. The Morgan fingerprint density at radius 2 is 1.65 bits per heavy atom. The van der Waals surface area contributed by atoms with Crippen LogP contribution in [0.1, 0.15) is 73.6 Å². The summed E-state index contributed by atoms with van der Waals surface area (Å²) in [7, 11) is 0. The minimum Gasteiger partial charge on any atom is -0.481 e. The summed E-state index contributed by atoms with van der Waals surface area (Å²) < 4.78 is 5.39. The van der Waals surface area contributed by atoms with E-state index in [1.165, 1.54) is 6.92 Å². The highest BCUT2D eigenvalue weighted by atomic mass is 16.5. The predicted octanol–water partition coefficient (Wildman–Crippen LogP) is 3.90. The second kappa shape index (κ2) is 5.43. The first kappa shape index (κ1) is 19.1. The van der Waals surface area contributed by atoms with Crippen molar-refractivity contribution in [2.75, 3.05) is 0 Å². The van der Waals surface area contributed by atoms with Gasteiger partial charge in [-0.1, -0.05) is 40.2 Å². The molecule has 0 aromatic heterocycles. The number of ether oxygens (including phenoxy) is 1. The van der Waals surface area contributed by atoms with Crippen molar-refractivity contribution in [1.29, 1.82) is 0 Å². The first-order valence-electron chi connectivity index (χ1n) is 9.39. The van der Waals surface area contributed by atoms with Gasteiger partial charge in [-0.25, -0.2) is 0 Å². The molecule has 1 N–H and O–H groups in total. The Kier molecular flexibility index (Phi) is 3.99. The molecule has 0 spiro atoms. The van der Waals surface area contributed by atoms with E-state index in [0.717, 1.165) is 18.4 Å². The number of rotatable bonds is 2. The van der Waals surface area contributed by atoms with E-state index in [1.54, 1.807) is 0 Å². The van der Waals surface area contributed by atoms with Crippen molar-refractivity contribution in [1.82, 2.24) is 0 Å². The summed E-state index contributed by atoms with van der Waals surface area (Å²) in [5.41, 5.74) is -0.581.